The van der Waals surface area contributed by atoms with Crippen molar-refractivity contribution in [3.05, 3.63) is 39.8 Å². The highest BCUT2D eigenvalue weighted by Crippen LogP contribution is 2.13. The van der Waals surface area contributed by atoms with Gasteiger partial charge in [0, 0.05) is 13.5 Å². The summed E-state index contributed by atoms with van der Waals surface area (Å²) >= 11 is 0. The summed E-state index contributed by atoms with van der Waals surface area (Å²) < 4.78 is 1.53. The van der Waals surface area contributed by atoms with E-state index in [1.54, 1.807) is 20.0 Å². The van der Waals surface area contributed by atoms with Crippen LogP contribution < -0.4 is 16.2 Å². The Hall–Kier alpha value is -3.23. The lowest BCUT2D eigenvalue weighted by Crippen LogP contribution is -2.39. The molecule has 2 rings (SSSR count). The van der Waals surface area contributed by atoms with Crippen LogP contribution >= 0.6 is 0 Å². The molecular formula is C17H20N4O5. The Balaban J connectivity index is 1.92. The number of hydrogen-bond donors (Lipinski definition) is 3. The fourth-order valence-corrected chi connectivity index (χ4v) is 2.44. The van der Waals surface area contributed by atoms with Crippen molar-refractivity contribution >= 4 is 28.8 Å². The van der Waals surface area contributed by atoms with Gasteiger partial charge in [0.15, 0.2) is 0 Å². The second-order valence-electron chi connectivity index (χ2n) is 5.83. The zero-order valence-corrected chi connectivity index (χ0v) is 14.5. The zero-order chi connectivity index (χ0) is 19.3. The third-order valence-electron chi connectivity index (χ3n) is 3.83. The highest BCUT2D eigenvalue weighted by Gasteiger charge is 2.09. The first-order valence-corrected chi connectivity index (χ1v) is 7.99. The van der Waals surface area contributed by atoms with Gasteiger partial charge < -0.3 is 20.3 Å². The number of carbonyl (C=O) groups is 3. The molecule has 26 heavy (non-hydrogen) atoms. The fourth-order valence-electron chi connectivity index (χ4n) is 2.44. The Bertz CT molecular complexity index is 919. The normalized spacial score (nSPS) is 10.5. The smallest absolute Gasteiger partial charge is 0.322 e. The number of carbonyl (C=O) groups excluding carboxylic acids is 2. The predicted octanol–water partition coefficient (Wildman–Crippen LogP) is -0.508. The van der Waals surface area contributed by atoms with Gasteiger partial charge in [-0.1, -0.05) is 6.07 Å². The molecule has 9 heteroatoms. The molecule has 9 nitrogen and oxygen atoms in total. The van der Waals surface area contributed by atoms with Gasteiger partial charge in [0.1, 0.15) is 12.2 Å². The minimum Gasteiger partial charge on any atom is -0.480 e. The molecule has 0 aliphatic carbocycles. The molecule has 0 spiro atoms. The molecule has 0 saturated carbocycles. The number of carboxylic acid groups (broad SMARTS) is 1. The van der Waals surface area contributed by atoms with Gasteiger partial charge in [0.25, 0.3) is 5.56 Å². The summed E-state index contributed by atoms with van der Waals surface area (Å²) in [6.45, 7) is 0.894. The number of nitrogens with one attached hydrogen (secondary N) is 2. The second kappa shape index (κ2) is 8.24. The summed E-state index contributed by atoms with van der Waals surface area (Å²) in [7, 11) is 1.68. The molecule has 0 unspecified atom stereocenters. The average molecular weight is 360 g/mol. The molecule has 2 amide bonds. The summed E-state index contributed by atoms with van der Waals surface area (Å²) in [4.78, 5) is 49.6. The van der Waals surface area contributed by atoms with E-state index in [0.29, 0.717) is 23.1 Å². The number of benzene rings is 1. The van der Waals surface area contributed by atoms with Crippen LogP contribution in [0, 0.1) is 6.92 Å². The van der Waals surface area contributed by atoms with E-state index in [9.17, 15) is 19.2 Å². The molecular weight excluding hydrogens is 340 g/mol. The Labute approximate surface area is 149 Å². The third-order valence-corrected chi connectivity index (χ3v) is 3.83. The summed E-state index contributed by atoms with van der Waals surface area (Å²) in [6, 6.07) is 5.44. The van der Waals surface area contributed by atoms with E-state index in [1.807, 2.05) is 12.1 Å². The van der Waals surface area contributed by atoms with E-state index in [-0.39, 0.29) is 24.4 Å². The maximum Gasteiger partial charge on any atom is 0.322 e. The molecule has 0 radical (unpaired) electrons. The van der Waals surface area contributed by atoms with Crippen molar-refractivity contribution in [2.45, 2.75) is 19.8 Å². The highest BCUT2D eigenvalue weighted by atomic mass is 16.4. The number of hydrogen-bond acceptors (Lipinski definition) is 5. The van der Waals surface area contributed by atoms with Crippen molar-refractivity contribution in [1.29, 1.82) is 0 Å². The molecule has 0 saturated heterocycles. The topological polar surface area (TPSA) is 130 Å². The predicted molar refractivity (Wildman–Crippen MR) is 93.7 cm³/mol. The molecule has 138 valence electrons. The van der Waals surface area contributed by atoms with E-state index < -0.39 is 18.4 Å². The largest absolute Gasteiger partial charge is 0.480 e. The van der Waals surface area contributed by atoms with Crippen LogP contribution in [0.2, 0.25) is 0 Å². The molecule has 0 atom stereocenters. The van der Waals surface area contributed by atoms with Crippen LogP contribution in [0.1, 0.15) is 17.7 Å². The zero-order valence-electron chi connectivity index (χ0n) is 14.5. The Morgan fingerprint density at radius 1 is 1.15 bits per heavy atom. The number of aromatic nitrogens is 2. The van der Waals surface area contributed by atoms with Gasteiger partial charge in [-0.15, -0.1) is 0 Å². The number of rotatable bonds is 7. The molecule has 1 aromatic carbocycles. The van der Waals surface area contributed by atoms with E-state index in [0.717, 1.165) is 5.56 Å². The summed E-state index contributed by atoms with van der Waals surface area (Å²) in [5, 5.41) is 13.0. The van der Waals surface area contributed by atoms with E-state index in [1.165, 1.54) is 4.57 Å². The van der Waals surface area contributed by atoms with Crippen LogP contribution in [-0.2, 0) is 27.9 Å². The molecule has 2 aromatic rings. The van der Waals surface area contributed by atoms with Crippen molar-refractivity contribution in [1.82, 2.24) is 20.2 Å². The minimum atomic E-state index is -1.15. The van der Waals surface area contributed by atoms with Crippen molar-refractivity contribution in [3.8, 4) is 0 Å². The first-order chi connectivity index (χ1) is 12.3. The number of nitrogens with zero attached hydrogens (tertiary/aromatic N) is 2. The minimum absolute atomic E-state index is 0.147. The standard InChI is InChI=1S/C17H20N4O5/c1-10-17(26)21(2)13-5-3-11(7-12(13)20-10)4-6-14(22)18-8-15(23)19-9-16(24)25/h3,5,7H,4,6,8-9H2,1-2H3,(H,18,22)(H,19,23)(H,24,25). The molecule has 1 aromatic heterocycles. The quantitative estimate of drug-likeness (QED) is 0.610. The van der Waals surface area contributed by atoms with E-state index >= 15 is 0 Å². The van der Waals surface area contributed by atoms with Crippen LogP contribution in [0.3, 0.4) is 0 Å². The van der Waals surface area contributed by atoms with Crippen LogP contribution in [0.15, 0.2) is 23.0 Å². The van der Waals surface area contributed by atoms with Crippen LogP contribution in [0.5, 0.6) is 0 Å². The fraction of sp³-hybridized carbons (Fsp3) is 0.353. The Morgan fingerprint density at radius 3 is 2.54 bits per heavy atom. The van der Waals surface area contributed by atoms with Gasteiger partial charge in [-0.3, -0.25) is 19.2 Å². The van der Waals surface area contributed by atoms with E-state index in [4.69, 9.17) is 5.11 Å². The molecule has 0 aliphatic rings. The lowest BCUT2D eigenvalue weighted by molar-refractivity contribution is -0.137. The summed E-state index contributed by atoms with van der Waals surface area (Å²) in [5.74, 6) is -2.03. The summed E-state index contributed by atoms with van der Waals surface area (Å²) in [5.41, 5.74) is 2.53. The lowest BCUT2D eigenvalue weighted by atomic mass is 10.1. The van der Waals surface area contributed by atoms with Crippen LogP contribution in [0.4, 0.5) is 0 Å². The molecule has 0 bridgehead atoms. The molecule has 1 heterocycles. The average Bonchev–Trinajstić information content (AvgIpc) is 2.60. The molecule has 0 fully saturated rings. The van der Waals surface area contributed by atoms with Gasteiger partial charge in [-0.25, -0.2) is 4.98 Å². The number of carboxylic acids is 1. The molecule has 3 N–H and O–H groups in total. The number of aryl methyl sites for hydroxylation is 3. The van der Waals surface area contributed by atoms with Crippen LogP contribution in [-0.4, -0.2) is 45.5 Å². The maximum absolute atomic E-state index is 11.9. The number of amides is 2. The van der Waals surface area contributed by atoms with Crippen molar-refractivity contribution in [2.24, 2.45) is 7.05 Å². The number of aliphatic carboxylic acids is 1. The van der Waals surface area contributed by atoms with Crippen molar-refractivity contribution in [3.63, 3.8) is 0 Å². The SMILES string of the molecule is Cc1nc2cc(CCC(=O)NCC(=O)NCC(=O)O)ccc2n(C)c1=O. The lowest BCUT2D eigenvalue weighted by Gasteiger charge is -2.08. The van der Waals surface area contributed by atoms with Crippen LogP contribution in [0.25, 0.3) is 11.0 Å². The van der Waals surface area contributed by atoms with Gasteiger partial charge in [-0.2, -0.15) is 0 Å². The van der Waals surface area contributed by atoms with Gasteiger partial charge in [0.2, 0.25) is 11.8 Å². The number of fused-ring (bicyclic) bond motifs is 1. The summed E-state index contributed by atoms with van der Waals surface area (Å²) in [6.07, 6.45) is 0.616. The van der Waals surface area contributed by atoms with Gasteiger partial charge >= 0.3 is 5.97 Å². The molecule has 0 aliphatic heterocycles. The van der Waals surface area contributed by atoms with Crippen molar-refractivity contribution < 1.29 is 19.5 Å². The Morgan fingerprint density at radius 2 is 1.85 bits per heavy atom. The van der Waals surface area contributed by atoms with Crippen molar-refractivity contribution in [2.75, 3.05) is 13.1 Å². The highest BCUT2D eigenvalue weighted by molar-refractivity contribution is 5.86. The first kappa shape index (κ1) is 19.1. The van der Waals surface area contributed by atoms with Gasteiger partial charge in [0.05, 0.1) is 17.6 Å². The Kier molecular flexibility index (Phi) is 6.05. The monoisotopic (exact) mass is 360 g/mol. The third kappa shape index (κ3) is 4.88. The second-order valence-corrected chi connectivity index (χ2v) is 5.83. The first-order valence-electron chi connectivity index (χ1n) is 7.99. The van der Waals surface area contributed by atoms with Gasteiger partial charge in [-0.05, 0) is 31.0 Å². The van der Waals surface area contributed by atoms with E-state index in [2.05, 4.69) is 15.6 Å². The maximum atomic E-state index is 11.9.